The number of fused-ring (bicyclic) bond motifs is 1. The molecule has 0 radical (unpaired) electrons. The van der Waals surface area contributed by atoms with E-state index in [1.165, 1.54) is 21.2 Å². The second kappa shape index (κ2) is 7.72. The van der Waals surface area contributed by atoms with E-state index in [0.29, 0.717) is 18.2 Å². The fourth-order valence-corrected chi connectivity index (χ4v) is 4.46. The highest BCUT2D eigenvalue weighted by Crippen LogP contribution is 2.28. The van der Waals surface area contributed by atoms with Crippen LogP contribution in [0.1, 0.15) is 46.0 Å². The van der Waals surface area contributed by atoms with Crippen molar-refractivity contribution in [3.8, 4) is 0 Å². The summed E-state index contributed by atoms with van der Waals surface area (Å²) in [7, 11) is 0. The van der Waals surface area contributed by atoms with E-state index in [2.05, 4.69) is 19.2 Å². The largest absolute Gasteiger partial charge is 0.501 e. The first-order valence-electron chi connectivity index (χ1n) is 9.08. The number of carbonyl (C=O) groups excluding carboxylic acids is 3. The van der Waals surface area contributed by atoms with Crippen molar-refractivity contribution in [2.45, 2.75) is 57.2 Å². The number of amides is 4. The molecule has 3 aliphatic rings. The number of thioether (sulfide) groups is 1. The lowest BCUT2D eigenvalue weighted by Gasteiger charge is -2.24. The van der Waals surface area contributed by atoms with Gasteiger partial charge in [-0.2, -0.15) is 14.3 Å². The molecule has 0 aromatic carbocycles. The minimum Gasteiger partial charge on any atom is -0.350 e. The molecule has 0 saturated heterocycles. The summed E-state index contributed by atoms with van der Waals surface area (Å²) in [5.74, 6) is 0.0949. The summed E-state index contributed by atoms with van der Waals surface area (Å²) in [6.45, 7) is 4.52. The third-order valence-corrected chi connectivity index (χ3v) is 5.95. The van der Waals surface area contributed by atoms with Crippen LogP contribution in [0.25, 0.3) is 0 Å². The summed E-state index contributed by atoms with van der Waals surface area (Å²) in [4.78, 5) is 39.2. The molecule has 0 aromatic rings. The first-order valence-corrected chi connectivity index (χ1v) is 10.0. The zero-order valence-electron chi connectivity index (χ0n) is 14.9. The molecule has 4 amide bonds. The van der Waals surface area contributed by atoms with Crippen LogP contribution in [0.4, 0.5) is 4.79 Å². The van der Waals surface area contributed by atoms with Crippen molar-refractivity contribution >= 4 is 35.3 Å². The van der Waals surface area contributed by atoms with Crippen LogP contribution in [0.2, 0.25) is 0 Å². The Bertz CT molecular complexity index is 635. The van der Waals surface area contributed by atoms with E-state index in [0.717, 1.165) is 32.1 Å². The number of nitrogens with zero attached hydrogens (tertiary/aromatic N) is 2. The molecule has 0 spiro atoms. The SMILES string of the molecule is CC(C)CCN1C(=O)C2SC=CC2=[N+](CC(=O)NC2CCCC2)C1=O. The number of hydrogen-bond donors (Lipinski definition) is 1. The number of nitrogens with one attached hydrogen (secondary N) is 1. The Morgan fingerprint density at radius 1 is 1.36 bits per heavy atom. The van der Waals surface area contributed by atoms with Crippen LogP contribution in [0, 0.1) is 5.92 Å². The Hall–Kier alpha value is -1.63. The lowest BCUT2D eigenvalue weighted by molar-refractivity contribution is -0.426. The first kappa shape index (κ1) is 18.2. The van der Waals surface area contributed by atoms with E-state index < -0.39 is 5.25 Å². The Labute approximate surface area is 152 Å². The summed E-state index contributed by atoms with van der Waals surface area (Å²) < 4.78 is 1.48. The van der Waals surface area contributed by atoms with Crippen LogP contribution in [0.3, 0.4) is 0 Å². The molecule has 1 saturated carbocycles. The van der Waals surface area contributed by atoms with E-state index in [9.17, 15) is 14.4 Å². The molecule has 2 heterocycles. The highest BCUT2D eigenvalue weighted by atomic mass is 32.2. The van der Waals surface area contributed by atoms with Crippen molar-refractivity contribution in [3.63, 3.8) is 0 Å². The third-order valence-electron chi connectivity index (χ3n) is 4.94. The number of hydrogen-bond acceptors (Lipinski definition) is 4. The summed E-state index contributed by atoms with van der Waals surface area (Å²) in [6, 6.07) is -0.147. The lowest BCUT2D eigenvalue weighted by atomic mass is 10.1. The molecule has 1 atom stereocenters. The van der Waals surface area contributed by atoms with Crippen molar-refractivity contribution in [1.82, 2.24) is 10.2 Å². The number of urea groups is 1. The van der Waals surface area contributed by atoms with Crippen molar-refractivity contribution in [3.05, 3.63) is 11.5 Å². The molecule has 25 heavy (non-hydrogen) atoms. The number of allylic oxidation sites excluding steroid dienone is 1. The molecule has 136 valence electrons. The molecule has 1 fully saturated rings. The van der Waals surface area contributed by atoms with Gasteiger partial charge < -0.3 is 5.32 Å². The van der Waals surface area contributed by atoms with Gasteiger partial charge in [-0.05, 0) is 36.7 Å². The summed E-state index contributed by atoms with van der Waals surface area (Å²) in [5, 5.41) is 4.46. The Kier molecular flexibility index (Phi) is 5.61. The van der Waals surface area contributed by atoms with Gasteiger partial charge in [-0.15, -0.1) is 11.8 Å². The molecule has 1 N–H and O–H groups in total. The van der Waals surface area contributed by atoms with E-state index in [1.807, 2.05) is 5.41 Å². The lowest BCUT2D eigenvalue weighted by Crippen LogP contribution is -2.57. The van der Waals surface area contributed by atoms with E-state index in [-0.39, 0.29) is 30.4 Å². The normalized spacial score (nSPS) is 23.8. The zero-order chi connectivity index (χ0) is 18.0. The molecule has 0 aromatic heterocycles. The number of carbonyl (C=O) groups is 3. The maximum absolute atomic E-state index is 12.9. The van der Waals surface area contributed by atoms with Crippen LogP contribution in [-0.2, 0) is 9.59 Å². The molecule has 7 heteroatoms. The highest BCUT2D eigenvalue weighted by molar-refractivity contribution is 8.04. The van der Waals surface area contributed by atoms with Crippen LogP contribution >= 0.6 is 11.8 Å². The second-order valence-electron chi connectivity index (χ2n) is 7.33. The summed E-state index contributed by atoms with van der Waals surface area (Å²) >= 11 is 1.40. The maximum Gasteiger partial charge on any atom is 0.501 e. The average molecular weight is 364 g/mol. The van der Waals surface area contributed by atoms with Gasteiger partial charge in [0, 0.05) is 6.04 Å². The van der Waals surface area contributed by atoms with Gasteiger partial charge in [0.05, 0.1) is 6.54 Å². The monoisotopic (exact) mass is 364 g/mol. The number of rotatable bonds is 6. The Balaban J connectivity index is 1.75. The van der Waals surface area contributed by atoms with E-state index in [4.69, 9.17) is 0 Å². The van der Waals surface area contributed by atoms with E-state index >= 15 is 0 Å². The van der Waals surface area contributed by atoms with Gasteiger partial charge in [0.1, 0.15) is 5.71 Å². The smallest absolute Gasteiger partial charge is 0.350 e. The fourth-order valence-electron chi connectivity index (χ4n) is 3.49. The molecule has 6 nitrogen and oxygen atoms in total. The van der Waals surface area contributed by atoms with Gasteiger partial charge >= 0.3 is 11.9 Å². The number of imide groups is 1. The highest BCUT2D eigenvalue weighted by Gasteiger charge is 2.49. The predicted octanol–water partition coefficient (Wildman–Crippen LogP) is 2.14. The van der Waals surface area contributed by atoms with Gasteiger partial charge in [0.25, 0.3) is 5.91 Å². The van der Waals surface area contributed by atoms with Crippen LogP contribution in [-0.4, -0.2) is 57.4 Å². The zero-order valence-corrected chi connectivity index (χ0v) is 15.7. The van der Waals surface area contributed by atoms with Crippen molar-refractivity contribution in [1.29, 1.82) is 0 Å². The van der Waals surface area contributed by atoms with Crippen molar-refractivity contribution in [2.24, 2.45) is 5.92 Å². The topological polar surface area (TPSA) is 69.5 Å². The minimum absolute atomic E-state index is 0.0163. The molecule has 2 aliphatic heterocycles. The first-order chi connectivity index (χ1) is 12.0. The molecular weight excluding hydrogens is 338 g/mol. The quantitative estimate of drug-likeness (QED) is 0.733. The molecule has 3 rings (SSSR count). The van der Waals surface area contributed by atoms with Crippen molar-refractivity contribution in [2.75, 3.05) is 13.1 Å². The second-order valence-corrected chi connectivity index (χ2v) is 8.35. The predicted molar refractivity (Wildman–Crippen MR) is 97.6 cm³/mol. The van der Waals surface area contributed by atoms with Crippen LogP contribution in [0.15, 0.2) is 11.5 Å². The Morgan fingerprint density at radius 2 is 2.08 bits per heavy atom. The van der Waals surface area contributed by atoms with Crippen LogP contribution < -0.4 is 5.32 Å². The molecule has 1 aliphatic carbocycles. The summed E-state index contributed by atoms with van der Waals surface area (Å²) in [5.41, 5.74) is 0.641. The molecule has 0 bridgehead atoms. The summed E-state index contributed by atoms with van der Waals surface area (Å²) in [6.07, 6.45) is 6.85. The van der Waals surface area contributed by atoms with Gasteiger partial charge in [0.2, 0.25) is 0 Å². The minimum atomic E-state index is -0.399. The van der Waals surface area contributed by atoms with Crippen LogP contribution in [0.5, 0.6) is 0 Å². The van der Waals surface area contributed by atoms with Gasteiger partial charge in [-0.25, -0.2) is 4.79 Å². The Morgan fingerprint density at radius 3 is 2.76 bits per heavy atom. The van der Waals surface area contributed by atoms with Gasteiger partial charge in [-0.1, -0.05) is 26.7 Å². The molecule has 1 unspecified atom stereocenters. The standard InChI is InChI=1S/C18H25N3O3S/c1-12(2)7-9-20-17(23)16-14(8-10-25-16)21(18(20)24)11-15(22)19-13-5-3-4-6-13/h8,10,12-13,16H,3-7,9,11H2,1-2H3/p+1. The van der Waals surface area contributed by atoms with Gasteiger partial charge in [0.15, 0.2) is 11.8 Å². The fraction of sp³-hybridized carbons (Fsp3) is 0.667. The maximum atomic E-state index is 12.9. The van der Waals surface area contributed by atoms with Gasteiger partial charge in [-0.3, -0.25) is 4.79 Å². The average Bonchev–Trinajstić information content (AvgIpc) is 3.22. The molecular formula is C18H26N3O3S+. The third kappa shape index (κ3) is 3.97. The van der Waals surface area contributed by atoms with Crippen molar-refractivity contribution < 1.29 is 19.0 Å². The van der Waals surface area contributed by atoms with E-state index in [1.54, 1.807) is 6.08 Å².